The number of hydrogen-bond donors (Lipinski definition) is 1. The normalized spacial score (nSPS) is 11.9. The maximum Gasteiger partial charge on any atom is 0.308 e. The summed E-state index contributed by atoms with van der Waals surface area (Å²) in [5.41, 5.74) is 2.08. The van der Waals surface area contributed by atoms with Gasteiger partial charge in [0.25, 0.3) is 5.91 Å². The Labute approximate surface area is 182 Å². The lowest BCUT2D eigenvalue weighted by molar-refractivity contribution is -0.131. The van der Waals surface area contributed by atoms with E-state index in [-0.39, 0.29) is 30.7 Å². The minimum Gasteiger partial charge on any atom is -0.454 e. The number of carbonyl (C=O) groups excluding carboxylic acids is 2. The van der Waals surface area contributed by atoms with Crippen LogP contribution in [0, 0.1) is 6.92 Å². The molecule has 3 aromatic rings. The molecule has 8 nitrogen and oxygen atoms in total. The van der Waals surface area contributed by atoms with Gasteiger partial charge in [0, 0.05) is 24.7 Å². The highest BCUT2D eigenvalue weighted by Gasteiger charge is 2.19. The van der Waals surface area contributed by atoms with Crippen molar-refractivity contribution in [3.63, 3.8) is 0 Å². The molecule has 1 aliphatic rings. The van der Waals surface area contributed by atoms with E-state index in [0.717, 1.165) is 16.9 Å². The molecule has 0 bridgehead atoms. The van der Waals surface area contributed by atoms with Crippen molar-refractivity contribution in [2.45, 2.75) is 26.9 Å². The van der Waals surface area contributed by atoms with Gasteiger partial charge >= 0.3 is 10.8 Å². The highest BCUT2D eigenvalue weighted by molar-refractivity contribution is 7.11. The largest absolute Gasteiger partial charge is 0.454 e. The molecule has 0 fully saturated rings. The number of ether oxygens (including phenoxy) is 3. The van der Waals surface area contributed by atoms with Crippen molar-refractivity contribution in [2.75, 3.05) is 6.79 Å². The van der Waals surface area contributed by atoms with Crippen molar-refractivity contribution in [1.29, 1.82) is 0 Å². The third-order valence-corrected chi connectivity index (χ3v) is 5.87. The summed E-state index contributed by atoms with van der Waals surface area (Å²) in [5, 5.41) is 2.84. The molecule has 31 heavy (non-hydrogen) atoms. The molecule has 9 heteroatoms. The van der Waals surface area contributed by atoms with Gasteiger partial charge in [0.1, 0.15) is 10.6 Å². The Kier molecular flexibility index (Phi) is 5.77. The number of amides is 1. The number of thiazole rings is 1. The van der Waals surface area contributed by atoms with Gasteiger partial charge in [-0.25, -0.2) is 0 Å². The third-order valence-electron chi connectivity index (χ3n) is 4.79. The van der Waals surface area contributed by atoms with Crippen LogP contribution in [0.1, 0.15) is 33.4 Å². The Bertz CT molecular complexity index is 1210. The van der Waals surface area contributed by atoms with Crippen LogP contribution in [0.25, 0.3) is 0 Å². The van der Waals surface area contributed by atoms with E-state index < -0.39 is 5.97 Å². The van der Waals surface area contributed by atoms with Gasteiger partial charge in [0.2, 0.25) is 6.79 Å². The molecule has 1 amide bonds. The summed E-state index contributed by atoms with van der Waals surface area (Å²) in [5.74, 6) is 0.941. The van der Waals surface area contributed by atoms with Crippen molar-refractivity contribution in [2.24, 2.45) is 0 Å². The molecule has 0 aliphatic carbocycles. The second-order valence-electron chi connectivity index (χ2n) is 6.94. The maximum absolute atomic E-state index is 12.7. The predicted octanol–water partition coefficient (Wildman–Crippen LogP) is 2.85. The van der Waals surface area contributed by atoms with Crippen LogP contribution in [0.2, 0.25) is 0 Å². The monoisotopic (exact) mass is 440 g/mol. The molecule has 0 radical (unpaired) electrons. The smallest absolute Gasteiger partial charge is 0.308 e. The van der Waals surface area contributed by atoms with Crippen LogP contribution in [0.4, 0.5) is 0 Å². The summed E-state index contributed by atoms with van der Waals surface area (Å²) >= 11 is 0.886. The predicted molar refractivity (Wildman–Crippen MR) is 114 cm³/mol. The van der Waals surface area contributed by atoms with Crippen molar-refractivity contribution in [3.8, 4) is 17.2 Å². The number of aromatic nitrogens is 1. The zero-order valence-corrected chi connectivity index (χ0v) is 17.8. The first-order valence-corrected chi connectivity index (χ1v) is 10.4. The molecule has 0 saturated carbocycles. The fraction of sp³-hybridized carbons (Fsp3) is 0.227. The molecule has 1 N–H and O–H groups in total. The van der Waals surface area contributed by atoms with Crippen LogP contribution < -0.4 is 24.4 Å². The SMILES string of the molecule is CC(=O)Oc1ccccc1Cn1c(C)c(C(=O)NCc2ccc3c(c2)OCO3)sc1=O. The molecule has 0 atom stereocenters. The number of para-hydroxylation sites is 1. The standard InChI is InChI=1S/C22H20N2O6S/c1-13-20(21(26)23-10-15-7-8-18-19(9-15)29-12-28-18)31-22(27)24(13)11-16-5-3-4-6-17(16)30-14(2)25/h3-9H,10-12H2,1-2H3,(H,23,26). The van der Waals surface area contributed by atoms with Crippen LogP contribution in [-0.2, 0) is 17.9 Å². The minimum absolute atomic E-state index is 0.187. The quantitative estimate of drug-likeness (QED) is 0.468. The lowest BCUT2D eigenvalue weighted by Gasteiger charge is -2.11. The number of fused-ring (bicyclic) bond motifs is 1. The molecule has 1 aromatic heterocycles. The van der Waals surface area contributed by atoms with Crippen LogP contribution in [-0.4, -0.2) is 23.2 Å². The lowest BCUT2D eigenvalue weighted by Crippen LogP contribution is -2.23. The van der Waals surface area contributed by atoms with E-state index in [1.54, 1.807) is 37.3 Å². The third kappa shape index (κ3) is 4.46. The van der Waals surface area contributed by atoms with Crippen LogP contribution in [0.15, 0.2) is 47.3 Å². The fourth-order valence-corrected chi connectivity index (χ4v) is 4.15. The van der Waals surface area contributed by atoms with Crippen molar-refractivity contribution < 1.29 is 23.8 Å². The number of rotatable bonds is 6. The number of carbonyl (C=O) groups is 2. The van der Waals surface area contributed by atoms with E-state index in [1.165, 1.54) is 11.5 Å². The first-order valence-electron chi connectivity index (χ1n) is 9.55. The van der Waals surface area contributed by atoms with Crippen LogP contribution >= 0.6 is 11.3 Å². The second kappa shape index (κ2) is 8.65. The van der Waals surface area contributed by atoms with E-state index in [2.05, 4.69) is 5.32 Å². The first kappa shape index (κ1) is 20.7. The van der Waals surface area contributed by atoms with Gasteiger partial charge in [-0.3, -0.25) is 19.0 Å². The van der Waals surface area contributed by atoms with E-state index in [4.69, 9.17) is 14.2 Å². The Morgan fingerprint density at radius 3 is 2.74 bits per heavy atom. The highest BCUT2D eigenvalue weighted by Crippen LogP contribution is 2.32. The molecule has 0 spiro atoms. The molecule has 4 rings (SSSR count). The summed E-state index contributed by atoms with van der Waals surface area (Å²) in [6.07, 6.45) is 0. The second-order valence-corrected chi connectivity index (χ2v) is 7.90. The average molecular weight is 440 g/mol. The summed E-state index contributed by atoms with van der Waals surface area (Å²) in [6, 6.07) is 12.5. The van der Waals surface area contributed by atoms with Crippen LogP contribution in [0.5, 0.6) is 17.2 Å². The van der Waals surface area contributed by atoms with Gasteiger partial charge in [-0.05, 0) is 30.7 Å². The molecular formula is C22H20N2O6S. The Morgan fingerprint density at radius 1 is 1.16 bits per heavy atom. The maximum atomic E-state index is 12.7. The van der Waals surface area contributed by atoms with Crippen molar-refractivity contribution in [1.82, 2.24) is 9.88 Å². The topological polar surface area (TPSA) is 95.9 Å². The average Bonchev–Trinajstić information content (AvgIpc) is 3.32. The molecule has 2 aromatic carbocycles. The summed E-state index contributed by atoms with van der Waals surface area (Å²) < 4.78 is 17.4. The first-order chi connectivity index (χ1) is 14.9. The van der Waals surface area contributed by atoms with Gasteiger partial charge in [-0.1, -0.05) is 35.6 Å². The fourth-order valence-electron chi connectivity index (χ4n) is 3.24. The number of esters is 1. The number of hydrogen-bond acceptors (Lipinski definition) is 7. The number of nitrogens with one attached hydrogen (secondary N) is 1. The summed E-state index contributed by atoms with van der Waals surface area (Å²) in [4.78, 5) is 36.7. The summed E-state index contributed by atoms with van der Waals surface area (Å²) in [7, 11) is 0. The zero-order chi connectivity index (χ0) is 22.0. The van der Waals surface area contributed by atoms with Gasteiger partial charge < -0.3 is 19.5 Å². The highest BCUT2D eigenvalue weighted by atomic mass is 32.1. The molecule has 2 heterocycles. The van der Waals surface area contributed by atoms with Gasteiger partial charge in [0.15, 0.2) is 11.5 Å². The van der Waals surface area contributed by atoms with Gasteiger partial charge in [0.05, 0.1) is 6.54 Å². The molecule has 160 valence electrons. The molecule has 0 saturated heterocycles. The molecular weight excluding hydrogens is 420 g/mol. The van der Waals surface area contributed by atoms with Crippen molar-refractivity contribution in [3.05, 3.63) is 73.8 Å². The van der Waals surface area contributed by atoms with Crippen molar-refractivity contribution >= 4 is 23.2 Å². The van der Waals surface area contributed by atoms with Crippen LogP contribution in [0.3, 0.4) is 0 Å². The van der Waals surface area contributed by atoms with Gasteiger partial charge in [-0.2, -0.15) is 0 Å². The summed E-state index contributed by atoms with van der Waals surface area (Å²) in [6.45, 7) is 3.71. The van der Waals surface area contributed by atoms with E-state index in [1.807, 2.05) is 12.1 Å². The Balaban J connectivity index is 1.50. The van der Waals surface area contributed by atoms with E-state index in [0.29, 0.717) is 33.4 Å². The Morgan fingerprint density at radius 2 is 1.94 bits per heavy atom. The zero-order valence-electron chi connectivity index (χ0n) is 17.0. The number of benzene rings is 2. The van der Waals surface area contributed by atoms with Gasteiger partial charge in [-0.15, -0.1) is 0 Å². The molecule has 1 aliphatic heterocycles. The molecule has 0 unspecified atom stereocenters. The van der Waals surface area contributed by atoms with E-state index in [9.17, 15) is 14.4 Å². The minimum atomic E-state index is -0.439. The lowest BCUT2D eigenvalue weighted by atomic mass is 10.2. The Hall–Kier alpha value is -3.59. The number of nitrogens with zero attached hydrogens (tertiary/aromatic N) is 1. The van der Waals surface area contributed by atoms with E-state index >= 15 is 0 Å².